The molecule has 1 aliphatic carbocycles. The second-order valence-corrected chi connectivity index (χ2v) is 7.17. The molecule has 0 saturated heterocycles. The molecule has 1 N–H and O–H groups in total. The molecule has 1 aromatic heterocycles. The molecule has 0 atom stereocenters. The molecule has 0 spiro atoms. The van der Waals surface area contributed by atoms with Gasteiger partial charge in [0.2, 0.25) is 0 Å². The van der Waals surface area contributed by atoms with Gasteiger partial charge in [0.15, 0.2) is 6.61 Å². The molecule has 0 aromatic carbocycles. The first-order valence-corrected chi connectivity index (χ1v) is 9.52. The van der Waals surface area contributed by atoms with Crippen LogP contribution in [0.3, 0.4) is 0 Å². The van der Waals surface area contributed by atoms with Crippen molar-refractivity contribution in [3.05, 3.63) is 28.6 Å². The molecule has 8 heteroatoms. The molecule has 2 rings (SSSR count). The van der Waals surface area contributed by atoms with Crippen LogP contribution in [0.15, 0.2) is 11.6 Å². The van der Waals surface area contributed by atoms with Crippen LogP contribution in [-0.4, -0.2) is 42.3 Å². The lowest BCUT2D eigenvalue weighted by Crippen LogP contribution is -2.46. The molecule has 1 saturated carbocycles. The molecule has 1 heterocycles. The van der Waals surface area contributed by atoms with Crippen LogP contribution in [0.2, 0.25) is 0 Å². The van der Waals surface area contributed by atoms with E-state index in [0.717, 1.165) is 29.8 Å². The summed E-state index contributed by atoms with van der Waals surface area (Å²) in [5.74, 6) is -1.42. The molecule has 0 bridgehead atoms. The van der Waals surface area contributed by atoms with Crippen molar-refractivity contribution in [1.29, 1.82) is 10.5 Å². The van der Waals surface area contributed by atoms with Crippen LogP contribution in [0, 0.1) is 36.5 Å². The Hall–Kier alpha value is -3.10. The maximum atomic E-state index is 12.3. The smallest absolute Gasteiger partial charge is 0.349 e. The van der Waals surface area contributed by atoms with Crippen molar-refractivity contribution in [2.24, 2.45) is 0 Å². The maximum absolute atomic E-state index is 12.3. The van der Waals surface area contributed by atoms with E-state index in [1.807, 2.05) is 30.6 Å². The summed E-state index contributed by atoms with van der Waals surface area (Å²) in [4.78, 5) is 24.3. The Morgan fingerprint density at radius 3 is 2.59 bits per heavy atom. The SMILES string of the molecule is COCCn1c(C)cc(/C=C(\C#N)C(=O)OCC(=O)NC2(C#N)CCCC2)c1C. The van der Waals surface area contributed by atoms with Crippen molar-refractivity contribution in [3.63, 3.8) is 0 Å². The number of nitrogens with zero attached hydrogens (tertiary/aromatic N) is 3. The van der Waals surface area contributed by atoms with Gasteiger partial charge in [-0.25, -0.2) is 4.79 Å². The van der Waals surface area contributed by atoms with Gasteiger partial charge >= 0.3 is 5.97 Å². The Labute approximate surface area is 170 Å². The van der Waals surface area contributed by atoms with Gasteiger partial charge in [0.1, 0.15) is 17.2 Å². The minimum Gasteiger partial charge on any atom is -0.451 e. The molecule has 1 aliphatic rings. The van der Waals surface area contributed by atoms with Gasteiger partial charge in [-0.05, 0) is 57.2 Å². The molecular formula is C21H26N4O4. The number of aromatic nitrogens is 1. The van der Waals surface area contributed by atoms with Crippen molar-refractivity contribution in [3.8, 4) is 12.1 Å². The lowest BCUT2D eigenvalue weighted by Gasteiger charge is -2.21. The van der Waals surface area contributed by atoms with Gasteiger partial charge in [-0.2, -0.15) is 10.5 Å². The normalized spacial score (nSPS) is 15.4. The Bertz CT molecular complexity index is 880. The van der Waals surface area contributed by atoms with Crippen molar-refractivity contribution < 1.29 is 19.1 Å². The number of aryl methyl sites for hydroxylation is 1. The second kappa shape index (κ2) is 9.90. The summed E-state index contributed by atoms with van der Waals surface area (Å²) in [6.07, 6.45) is 4.38. The van der Waals surface area contributed by atoms with E-state index in [2.05, 4.69) is 11.4 Å². The zero-order chi connectivity index (χ0) is 21.4. The molecule has 1 aromatic rings. The van der Waals surface area contributed by atoms with Crippen LogP contribution in [0.5, 0.6) is 0 Å². The first-order chi connectivity index (χ1) is 13.9. The second-order valence-electron chi connectivity index (χ2n) is 7.17. The topological polar surface area (TPSA) is 117 Å². The number of rotatable bonds is 8. The summed E-state index contributed by atoms with van der Waals surface area (Å²) in [7, 11) is 1.63. The Balaban J connectivity index is 2.03. The zero-order valence-corrected chi connectivity index (χ0v) is 17.1. The number of nitrogens with one attached hydrogen (secondary N) is 1. The van der Waals surface area contributed by atoms with Gasteiger partial charge < -0.3 is 19.4 Å². The predicted molar refractivity (Wildman–Crippen MR) is 105 cm³/mol. The fourth-order valence-corrected chi connectivity index (χ4v) is 3.55. The molecular weight excluding hydrogens is 372 g/mol. The summed E-state index contributed by atoms with van der Waals surface area (Å²) in [5, 5.41) is 21.3. The van der Waals surface area contributed by atoms with E-state index in [0.29, 0.717) is 26.0 Å². The Morgan fingerprint density at radius 2 is 2.00 bits per heavy atom. The van der Waals surface area contributed by atoms with E-state index in [9.17, 15) is 20.1 Å². The lowest BCUT2D eigenvalue weighted by molar-refractivity contribution is -0.144. The average molecular weight is 398 g/mol. The first kappa shape index (κ1) is 22.2. The van der Waals surface area contributed by atoms with Gasteiger partial charge in [-0.15, -0.1) is 0 Å². The quantitative estimate of drug-likeness (QED) is 0.407. The summed E-state index contributed by atoms with van der Waals surface area (Å²) in [5.41, 5.74) is 1.53. The molecule has 154 valence electrons. The van der Waals surface area contributed by atoms with Gasteiger partial charge in [0.05, 0.1) is 12.7 Å². The van der Waals surface area contributed by atoms with Crippen molar-refractivity contribution in [1.82, 2.24) is 9.88 Å². The largest absolute Gasteiger partial charge is 0.451 e. The molecule has 1 fully saturated rings. The number of carbonyl (C=O) groups excluding carboxylic acids is 2. The minimum absolute atomic E-state index is 0.194. The highest BCUT2D eigenvalue weighted by Crippen LogP contribution is 2.28. The average Bonchev–Trinajstić information content (AvgIpc) is 3.27. The summed E-state index contributed by atoms with van der Waals surface area (Å²) in [6.45, 7) is 4.50. The van der Waals surface area contributed by atoms with Crippen LogP contribution >= 0.6 is 0 Å². The van der Waals surface area contributed by atoms with Gasteiger partial charge in [0.25, 0.3) is 5.91 Å². The first-order valence-electron chi connectivity index (χ1n) is 9.52. The third-order valence-corrected chi connectivity index (χ3v) is 5.16. The molecule has 8 nitrogen and oxygen atoms in total. The number of methoxy groups -OCH3 is 1. The molecule has 0 unspecified atom stereocenters. The van der Waals surface area contributed by atoms with Crippen LogP contribution in [0.4, 0.5) is 0 Å². The molecule has 0 radical (unpaired) electrons. The van der Waals surface area contributed by atoms with E-state index in [4.69, 9.17) is 9.47 Å². The van der Waals surface area contributed by atoms with Crippen molar-refractivity contribution in [2.45, 2.75) is 51.6 Å². The third kappa shape index (κ3) is 5.46. The van der Waals surface area contributed by atoms with Crippen LogP contribution in [0.25, 0.3) is 6.08 Å². The van der Waals surface area contributed by atoms with E-state index < -0.39 is 24.0 Å². The minimum atomic E-state index is -0.878. The number of ether oxygens (including phenoxy) is 2. The number of amides is 1. The summed E-state index contributed by atoms with van der Waals surface area (Å²) in [6, 6.07) is 5.85. The number of nitriles is 2. The summed E-state index contributed by atoms with van der Waals surface area (Å²) >= 11 is 0. The summed E-state index contributed by atoms with van der Waals surface area (Å²) < 4.78 is 12.1. The highest BCUT2D eigenvalue weighted by atomic mass is 16.5. The number of hydrogen-bond acceptors (Lipinski definition) is 6. The van der Waals surface area contributed by atoms with Gasteiger partial charge in [0, 0.05) is 25.0 Å². The van der Waals surface area contributed by atoms with Gasteiger partial charge in [-0.1, -0.05) is 0 Å². The van der Waals surface area contributed by atoms with E-state index in [1.165, 1.54) is 6.08 Å². The monoisotopic (exact) mass is 398 g/mol. The molecule has 29 heavy (non-hydrogen) atoms. The van der Waals surface area contributed by atoms with E-state index in [-0.39, 0.29) is 5.57 Å². The Kier molecular flexibility index (Phi) is 7.58. The zero-order valence-electron chi connectivity index (χ0n) is 17.1. The maximum Gasteiger partial charge on any atom is 0.349 e. The fourth-order valence-electron chi connectivity index (χ4n) is 3.55. The third-order valence-electron chi connectivity index (χ3n) is 5.16. The lowest BCUT2D eigenvalue weighted by atomic mass is 10.00. The van der Waals surface area contributed by atoms with E-state index >= 15 is 0 Å². The number of esters is 1. The number of carbonyl (C=O) groups is 2. The molecule has 0 aliphatic heterocycles. The van der Waals surface area contributed by atoms with Gasteiger partial charge in [-0.3, -0.25) is 4.79 Å². The van der Waals surface area contributed by atoms with Crippen molar-refractivity contribution >= 4 is 18.0 Å². The van der Waals surface area contributed by atoms with Crippen LogP contribution in [0.1, 0.15) is 42.6 Å². The molecule has 1 amide bonds. The number of hydrogen-bond donors (Lipinski definition) is 1. The van der Waals surface area contributed by atoms with E-state index in [1.54, 1.807) is 7.11 Å². The highest BCUT2D eigenvalue weighted by Gasteiger charge is 2.35. The Morgan fingerprint density at radius 1 is 1.31 bits per heavy atom. The fraction of sp³-hybridized carbons (Fsp3) is 0.524. The highest BCUT2D eigenvalue weighted by molar-refractivity contribution is 5.99. The van der Waals surface area contributed by atoms with Crippen LogP contribution in [-0.2, 0) is 25.6 Å². The van der Waals surface area contributed by atoms with Crippen molar-refractivity contribution in [2.75, 3.05) is 20.3 Å². The van der Waals surface area contributed by atoms with Crippen LogP contribution < -0.4 is 5.32 Å². The standard InChI is InChI=1S/C21H26N4O4/c1-15-10-17(16(2)25(15)8-9-28-3)11-18(12-22)20(27)29-13-19(26)24-21(14-23)6-4-5-7-21/h10-11H,4-9,13H2,1-3H3,(H,24,26)/b18-11+. The predicted octanol–water partition coefficient (Wildman–Crippen LogP) is 2.15.